The first kappa shape index (κ1) is 16.6. The molecule has 1 aliphatic heterocycles. The van der Waals surface area contributed by atoms with Gasteiger partial charge in [0.2, 0.25) is 11.8 Å². The molecule has 0 bridgehead atoms. The highest BCUT2D eigenvalue weighted by atomic mass is 16.2. The summed E-state index contributed by atoms with van der Waals surface area (Å²) in [7, 11) is 0. The number of likely N-dealkylation sites (tertiary alicyclic amines) is 1. The van der Waals surface area contributed by atoms with E-state index in [-0.39, 0.29) is 11.8 Å². The van der Waals surface area contributed by atoms with Crippen LogP contribution in [0, 0.1) is 5.92 Å². The molecule has 1 aromatic heterocycles. The number of benzene rings is 1. The lowest BCUT2D eigenvalue weighted by molar-refractivity contribution is -0.137. The Morgan fingerprint density at radius 2 is 2.00 bits per heavy atom. The van der Waals surface area contributed by atoms with Gasteiger partial charge in [0.1, 0.15) is 6.04 Å². The maximum Gasteiger partial charge on any atom is 0.245 e. The predicted octanol–water partition coefficient (Wildman–Crippen LogP) is 2.47. The number of hydrogen-bond acceptors (Lipinski definition) is 2. The maximum absolute atomic E-state index is 12.9. The predicted molar refractivity (Wildman–Crippen MR) is 94.6 cm³/mol. The van der Waals surface area contributed by atoms with E-state index in [2.05, 4.69) is 17.2 Å². The Hall–Kier alpha value is -2.30. The highest BCUT2D eigenvalue weighted by Gasteiger charge is 2.28. The van der Waals surface area contributed by atoms with Crippen LogP contribution in [0.25, 0.3) is 10.9 Å². The molecule has 1 saturated heterocycles. The summed E-state index contributed by atoms with van der Waals surface area (Å²) in [5.41, 5.74) is 2.11. The standard InChI is InChI=1S/C19H25N3O2/c1-13-7-9-22(10-8-13)19(24)18(21-14(2)23)11-15-12-20-17-6-4-3-5-16(15)17/h3-6,12-13,18,20H,7-11H2,1-2H3,(H,21,23). The largest absolute Gasteiger partial charge is 0.361 e. The smallest absolute Gasteiger partial charge is 0.245 e. The maximum atomic E-state index is 12.9. The highest BCUT2D eigenvalue weighted by Crippen LogP contribution is 2.21. The van der Waals surface area contributed by atoms with Gasteiger partial charge in [-0.1, -0.05) is 25.1 Å². The van der Waals surface area contributed by atoms with Crippen LogP contribution in [0.5, 0.6) is 0 Å². The number of rotatable bonds is 4. The van der Waals surface area contributed by atoms with E-state index in [4.69, 9.17) is 0 Å². The van der Waals surface area contributed by atoms with Crippen LogP contribution in [0.4, 0.5) is 0 Å². The molecule has 1 unspecified atom stereocenters. The zero-order valence-electron chi connectivity index (χ0n) is 14.3. The van der Waals surface area contributed by atoms with Crippen LogP contribution in [-0.2, 0) is 16.0 Å². The summed E-state index contributed by atoms with van der Waals surface area (Å²) >= 11 is 0. The number of nitrogens with one attached hydrogen (secondary N) is 2. The second-order valence-electron chi connectivity index (χ2n) is 6.82. The molecule has 2 aromatic rings. The van der Waals surface area contributed by atoms with Gasteiger partial charge in [-0.05, 0) is 30.4 Å². The van der Waals surface area contributed by atoms with Crippen LogP contribution in [0.15, 0.2) is 30.5 Å². The summed E-state index contributed by atoms with van der Waals surface area (Å²) in [5, 5.41) is 3.95. The van der Waals surface area contributed by atoms with E-state index in [1.807, 2.05) is 35.4 Å². The number of piperidine rings is 1. The van der Waals surface area contributed by atoms with Crippen molar-refractivity contribution in [2.45, 2.75) is 39.2 Å². The Morgan fingerprint density at radius 1 is 1.29 bits per heavy atom. The molecule has 0 saturated carbocycles. The van der Waals surface area contributed by atoms with Gasteiger partial charge in [-0.25, -0.2) is 0 Å². The number of carbonyl (C=O) groups excluding carboxylic acids is 2. The minimum Gasteiger partial charge on any atom is -0.361 e. The molecule has 2 amide bonds. The molecule has 1 aromatic carbocycles. The number of aromatic amines is 1. The third kappa shape index (κ3) is 3.61. The van der Waals surface area contributed by atoms with Crippen molar-refractivity contribution < 1.29 is 9.59 Å². The SMILES string of the molecule is CC(=O)NC(Cc1c[nH]c2ccccc12)C(=O)N1CCC(C)CC1. The lowest BCUT2D eigenvalue weighted by atomic mass is 9.97. The van der Waals surface area contributed by atoms with Crippen LogP contribution in [0.2, 0.25) is 0 Å². The zero-order chi connectivity index (χ0) is 17.1. The molecule has 1 aliphatic rings. The molecule has 0 radical (unpaired) electrons. The number of carbonyl (C=O) groups is 2. The van der Waals surface area contributed by atoms with Crippen LogP contribution < -0.4 is 5.32 Å². The summed E-state index contributed by atoms with van der Waals surface area (Å²) in [4.78, 5) is 29.6. The monoisotopic (exact) mass is 327 g/mol. The topological polar surface area (TPSA) is 65.2 Å². The Balaban J connectivity index is 1.78. The lowest BCUT2D eigenvalue weighted by Crippen LogP contribution is -2.51. The van der Waals surface area contributed by atoms with Crippen molar-refractivity contribution >= 4 is 22.7 Å². The second-order valence-corrected chi connectivity index (χ2v) is 6.82. The van der Waals surface area contributed by atoms with Crippen LogP contribution in [-0.4, -0.2) is 40.8 Å². The second kappa shape index (κ2) is 7.07. The summed E-state index contributed by atoms with van der Waals surface area (Å²) < 4.78 is 0. The Bertz CT molecular complexity index is 729. The quantitative estimate of drug-likeness (QED) is 0.906. The first-order valence-electron chi connectivity index (χ1n) is 8.65. The molecule has 5 heteroatoms. The van der Waals surface area contributed by atoms with Crippen LogP contribution >= 0.6 is 0 Å². The fourth-order valence-corrected chi connectivity index (χ4v) is 3.42. The van der Waals surface area contributed by atoms with E-state index >= 15 is 0 Å². The van der Waals surface area contributed by atoms with Gasteiger partial charge in [0, 0.05) is 43.5 Å². The van der Waals surface area contributed by atoms with E-state index in [0.29, 0.717) is 12.3 Å². The molecule has 24 heavy (non-hydrogen) atoms. The van der Waals surface area contributed by atoms with Gasteiger partial charge in [0.15, 0.2) is 0 Å². The third-order valence-corrected chi connectivity index (χ3v) is 4.87. The van der Waals surface area contributed by atoms with Gasteiger partial charge in [-0.15, -0.1) is 0 Å². The third-order valence-electron chi connectivity index (χ3n) is 4.87. The van der Waals surface area contributed by atoms with Crippen LogP contribution in [0.3, 0.4) is 0 Å². The first-order chi connectivity index (χ1) is 11.5. The van der Waals surface area contributed by atoms with Crippen molar-refractivity contribution in [2.75, 3.05) is 13.1 Å². The van der Waals surface area contributed by atoms with Gasteiger partial charge >= 0.3 is 0 Å². The summed E-state index contributed by atoms with van der Waals surface area (Å²) in [6.45, 7) is 5.25. The van der Waals surface area contributed by atoms with E-state index in [1.54, 1.807) is 0 Å². The fraction of sp³-hybridized carbons (Fsp3) is 0.474. The molecular formula is C19H25N3O2. The average Bonchev–Trinajstić information content (AvgIpc) is 2.97. The van der Waals surface area contributed by atoms with Crippen molar-refractivity contribution in [3.05, 3.63) is 36.0 Å². The summed E-state index contributed by atoms with van der Waals surface area (Å²) in [6.07, 6.45) is 4.51. The van der Waals surface area contributed by atoms with Gasteiger partial charge in [0.25, 0.3) is 0 Å². The Labute approximate surface area is 142 Å². The normalized spacial score (nSPS) is 17.0. The van der Waals surface area contributed by atoms with Crippen molar-refractivity contribution in [3.63, 3.8) is 0 Å². The number of amides is 2. The Kier molecular flexibility index (Phi) is 4.88. The zero-order valence-corrected chi connectivity index (χ0v) is 14.3. The summed E-state index contributed by atoms with van der Waals surface area (Å²) in [6, 6.07) is 7.52. The molecule has 2 N–H and O–H groups in total. The van der Waals surface area contributed by atoms with Crippen LogP contribution in [0.1, 0.15) is 32.3 Å². The molecule has 1 fully saturated rings. The molecule has 0 aliphatic carbocycles. The van der Waals surface area contributed by atoms with Crippen molar-refractivity contribution in [1.29, 1.82) is 0 Å². The molecule has 128 valence electrons. The van der Waals surface area contributed by atoms with Gasteiger partial charge in [0.05, 0.1) is 0 Å². The van der Waals surface area contributed by atoms with Crippen molar-refractivity contribution in [3.8, 4) is 0 Å². The number of para-hydroxylation sites is 1. The molecule has 3 rings (SSSR count). The minimum absolute atomic E-state index is 0.0300. The van der Waals surface area contributed by atoms with Crippen molar-refractivity contribution in [2.24, 2.45) is 5.92 Å². The number of nitrogens with zero attached hydrogens (tertiary/aromatic N) is 1. The highest BCUT2D eigenvalue weighted by molar-refractivity contribution is 5.89. The Morgan fingerprint density at radius 3 is 2.71 bits per heavy atom. The average molecular weight is 327 g/mol. The summed E-state index contributed by atoms with van der Waals surface area (Å²) in [5.74, 6) is 0.530. The van der Waals surface area contributed by atoms with Gasteiger partial charge in [-0.2, -0.15) is 0 Å². The van der Waals surface area contributed by atoms with E-state index in [1.165, 1.54) is 6.92 Å². The van der Waals surface area contributed by atoms with Gasteiger partial charge in [-0.3, -0.25) is 9.59 Å². The van der Waals surface area contributed by atoms with Crippen molar-refractivity contribution in [1.82, 2.24) is 15.2 Å². The molecule has 1 atom stereocenters. The van der Waals surface area contributed by atoms with E-state index in [0.717, 1.165) is 42.4 Å². The first-order valence-corrected chi connectivity index (χ1v) is 8.65. The minimum atomic E-state index is -0.505. The van der Waals surface area contributed by atoms with Gasteiger partial charge < -0.3 is 15.2 Å². The number of hydrogen-bond donors (Lipinski definition) is 2. The van der Waals surface area contributed by atoms with E-state index in [9.17, 15) is 9.59 Å². The number of fused-ring (bicyclic) bond motifs is 1. The molecular weight excluding hydrogens is 302 g/mol. The fourth-order valence-electron chi connectivity index (χ4n) is 3.42. The number of H-pyrrole nitrogens is 1. The molecule has 2 heterocycles. The number of aromatic nitrogens is 1. The van der Waals surface area contributed by atoms with E-state index < -0.39 is 6.04 Å². The molecule has 5 nitrogen and oxygen atoms in total. The molecule has 0 spiro atoms. The lowest BCUT2D eigenvalue weighted by Gasteiger charge is -2.33.